The summed E-state index contributed by atoms with van der Waals surface area (Å²) in [5.41, 5.74) is 1.20. The van der Waals surface area contributed by atoms with Crippen molar-refractivity contribution in [3.63, 3.8) is 0 Å². The van der Waals surface area contributed by atoms with Crippen LogP contribution in [0.5, 0.6) is 0 Å². The van der Waals surface area contributed by atoms with E-state index in [0.717, 1.165) is 38.7 Å². The molecule has 0 aliphatic carbocycles. The second kappa shape index (κ2) is 6.11. The number of hydrogen-bond acceptors (Lipinski definition) is 5. The van der Waals surface area contributed by atoms with Gasteiger partial charge in [-0.05, 0) is 23.4 Å². The number of halogens is 1. The molecule has 0 fully saturated rings. The number of rotatable bonds is 5. The lowest BCUT2D eigenvalue weighted by Crippen LogP contribution is -1.96. The SMILES string of the molecule is CCSCc1nnc2sc(Cc3ccc(Cl)cc3)nn12. The molecule has 0 radical (unpaired) electrons. The second-order valence-corrected chi connectivity index (χ2v) is 7.00. The summed E-state index contributed by atoms with van der Waals surface area (Å²) in [7, 11) is 0. The molecule has 0 saturated heterocycles. The first-order chi connectivity index (χ1) is 9.76. The Balaban J connectivity index is 1.82. The minimum Gasteiger partial charge on any atom is -0.186 e. The van der Waals surface area contributed by atoms with E-state index in [4.69, 9.17) is 11.6 Å². The molecule has 7 heteroatoms. The van der Waals surface area contributed by atoms with E-state index in [1.807, 2.05) is 40.5 Å². The third kappa shape index (κ3) is 2.97. The number of hydrogen-bond donors (Lipinski definition) is 0. The molecular formula is C13H13ClN4S2. The normalized spacial score (nSPS) is 11.3. The highest BCUT2D eigenvalue weighted by Gasteiger charge is 2.11. The van der Waals surface area contributed by atoms with Crippen LogP contribution in [-0.4, -0.2) is 25.6 Å². The van der Waals surface area contributed by atoms with Gasteiger partial charge in [-0.2, -0.15) is 21.4 Å². The van der Waals surface area contributed by atoms with Crippen LogP contribution in [0.1, 0.15) is 23.3 Å². The molecule has 0 atom stereocenters. The Bertz CT molecular complexity index is 705. The van der Waals surface area contributed by atoms with E-state index in [-0.39, 0.29) is 0 Å². The Kier molecular flexibility index (Phi) is 4.24. The molecule has 0 spiro atoms. The molecule has 0 aliphatic heterocycles. The van der Waals surface area contributed by atoms with Crippen molar-refractivity contribution in [3.05, 3.63) is 45.7 Å². The maximum Gasteiger partial charge on any atom is 0.234 e. The van der Waals surface area contributed by atoms with Gasteiger partial charge in [0.1, 0.15) is 5.01 Å². The van der Waals surface area contributed by atoms with Crippen molar-refractivity contribution in [2.24, 2.45) is 0 Å². The monoisotopic (exact) mass is 324 g/mol. The first-order valence-corrected chi connectivity index (χ1v) is 8.63. The van der Waals surface area contributed by atoms with Crippen LogP contribution in [0.15, 0.2) is 24.3 Å². The number of fused-ring (bicyclic) bond motifs is 1. The van der Waals surface area contributed by atoms with Crippen LogP contribution < -0.4 is 0 Å². The molecule has 20 heavy (non-hydrogen) atoms. The largest absolute Gasteiger partial charge is 0.234 e. The quantitative estimate of drug-likeness (QED) is 0.718. The van der Waals surface area contributed by atoms with Crippen molar-refractivity contribution >= 4 is 39.7 Å². The molecule has 0 amide bonds. The highest BCUT2D eigenvalue weighted by atomic mass is 35.5. The van der Waals surface area contributed by atoms with Crippen molar-refractivity contribution in [1.29, 1.82) is 0 Å². The van der Waals surface area contributed by atoms with Crippen LogP contribution in [0, 0.1) is 0 Å². The van der Waals surface area contributed by atoms with Gasteiger partial charge in [-0.3, -0.25) is 0 Å². The minimum atomic E-state index is 0.755. The Morgan fingerprint density at radius 3 is 2.80 bits per heavy atom. The van der Waals surface area contributed by atoms with Gasteiger partial charge in [0.15, 0.2) is 5.82 Å². The van der Waals surface area contributed by atoms with Crippen molar-refractivity contribution in [2.75, 3.05) is 5.75 Å². The molecule has 0 aliphatic rings. The molecule has 3 rings (SSSR count). The van der Waals surface area contributed by atoms with Gasteiger partial charge >= 0.3 is 0 Å². The molecule has 0 bridgehead atoms. The lowest BCUT2D eigenvalue weighted by Gasteiger charge is -1.97. The van der Waals surface area contributed by atoms with Crippen LogP contribution in [0.3, 0.4) is 0 Å². The van der Waals surface area contributed by atoms with Gasteiger partial charge in [-0.1, -0.05) is 42.0 Å². The molecular weight excluding hydrogens is 312 g/mol. The second-order valence-electron chi connectivity index (χ2n) is 4.25. The fraction of sp³-hybridized carbons (Fsp3) is 0.308. The van der Waals surface area contributed by atoms with Crippen molar-refractivity contribution in [2.45, 2.75) is 19.1 Å². The number of nitrogens with zero attached hydrogens (tertiary/aromatic N) is 4. The summed E-state index contributed by atoms with van der Waals surface area (Å²) in [4.78, 5) is 0.862. The average molecular weight is 325 g/mol. The standard InChI is InChI=1S/C13H13ClN4S2/c1-2-19-8-11-15-16-13-18(11)17-12(20-13)7-9-3-5-10(14)6-4-9/h3-6H,2,7-8H2,1H3. The summed E-state index contributed by atoms with van der Waals surface area (Å²) in [5, 5.41) is 14.8. The Morgan fingerprint density at radius 1 is 1.25 bits per heavy atom. The minimum absolute atomic E-state index is 0.755. The summed E-state index contributed by atoms with van der Waals surface area (Å²) < 4.78 is 1.86. The zero-order valence-electron chi connectivity index (χ0n) is 10.9. The van der Waals surface area contributed by atoms with E-state index in [1.165, 1.54) is 5.56 Å². The third-order valence-corrected chi connectivity index (χ3v) is 4.82. The molecule has 1 aromatic carbocycles. The van der Waals surface area contributed by atoms with Crippen LogP contribution in [0.2, 0.25) is 5.02 Å². The third-order valence-electron chi connectivity index (χ3n) is 2.80. The molecule has 0 unspecified atom stereocenters. The molecule has 2 aromatic heterocycles. The first-order valence-electron chi connectivity index (χ1n) is 6.28. The van der Waals surface area contributed by atoms with Gasteiger partial charge in [-0.15, -0.1) is 10.2 Å². The summed E-state index contributed by atoms with van der Waals surface area (Å²) in [5.74, 6) is 2.84. The smallest absolute Gasteiger partial charge is 0.186 e. The topological polar surface area (TPSA) is 43.1 Å². The molecule has 3 aromatic rings. The van der Waals surface area contributed by atoms with Gasteiger partial charge in [-0.25, -0.2) is 0 Å². The van der Waals surface area contributed by atoms with Crippen LogP contribution in [0.25, 0.3) is 4.96 Å². The first kappa shape index (κ1) is 13.9. The maximum atomic E-state index is 5.89. The van der Waals surface area contributed by atoms with Crippen LogP contribution >= 0.6 is 34.7 Å². The molecule has 4 nitrogen and oxygen atoms in total. The zero-order valence-corrected chi connectivity index (χ0v) is 13.3. The molecule has 2 heterocycles. The number of thioether (sulfide) groups is 1. The van der Waals surface area contributed by atoms with E-state index in [0.29, 0.717) is 0 Å². The fourth-order valence-corrected chi connectivity index (χ4v) is 3.41. The Morgan fingerprint density at radius 2 is 2.05 bits per heavy atom. The summed E-state index contributed by atoms with van der Waals surface area (Å²) >= 11 is 9.30. The van der Waals surface area contributed by atoms with Gasteiger partial charge in [0, 0.05) is 11.4 Å². The zero-order chi connectivity index (χ0) is 13.9. The highest BCUT2D eigenvalue weighted by molar-refractivity contribution is 7.98. The van der Waals surface area contributed by atoms with E-state index in [2.05, 4.69) is 22.2 Å². The predicted molar refractivity (Wildman–Crippen MR) is 84.8 cm³/mol. The molecule has 0 saturated carbocycles. The van der Waals surface area contributed by atoms with Crippen molar-refractivity contribution in [1.82, 2.24) is 19.8 Å². The van der Waals surface area contributed by atoms with Crippen LogP contribution in [-0.2, 0) is 12.2 Å². The average Bonchev–Trinajstić information content (AvgIpc) is 2.99. The van der Waals surface area contributed by atoms with E-state index >= 15 is 0 Å². The predicted octanol–water partition coefficient (Wildman–Crippen LogP) is 3.68. The van der Waals surface area contributed by atoms with Crippen LogP contribution in [0.4, 0.5) is 0 Å². The Hall–Kier alpha value is -1.11. The van der Waals surface area contributed by atoms with Gasteiger partial charge < -0.3 is 0 Å². The summed E-state index contributed by atoms with van der Waals surface area (Å²) in [6.45, 7) is 2.13. The maximum absolute atomic E-state index is 5.89. The van der Waals surface area contributed by atoms with Gasteiger partial charge in [0.25, 0.3) is 0 Å². The van der Waals surface area contributed by atoms with Gasteiger partial charge in [0.05, 0.1) is 5.75 Å². The molecule has 0 N–H and O–H groups in total. The Labute approximate surface area is 130 Å². The van der Waals surface area contributed by atoms with Crippen molar-refractivity contribution < 1.29 is 0 Å². The lowest BCUT2D eigenvalue weighted by molar-refractivity contribution is 0.856. The fourth-order valence-electron chi connectivity index (χ4n) is 1.83. The summed E-state index contributed by atoms with van der Waals surface area (Å²) in [6, 6.07) is 7.86. The molecule has 104 valence electrons. The van der Waals surface area contributed by atoms with Gasteiger partial charge in [0.2, 0.25) is 4.96 Å². The summed E-state index contributed by atoms with van der Waals surface area (Å²) in [6.07, 6.45) is 0.797. The highest BCUT2D eigenvalue weighted by Crippen LogP contribution is 2.20. The number of benzene rings is 1. The van der Waals surface area contributed by atoms with E-state index in [9.17, 15) is 0 Å². The van der Waals surface area contributed by atoms with Crippen molar-refractivity contribution in [3.8, 4) is 0 Å². The van der Waals surface area contributed by atoms with E-state index < -0.39 is 0 Å². The lowest BCUT2D eigenvalue weighted by atomic mass is 10.2. The number of aromatic nitrogens is 4. The van der Waals surface area contributed by atoms with E-state index in [1.54, 1.807) is 11.3 Å².